The summed E-state index contributed by atoms with van der Waals surface area (Å²) >= 11 is 3.48. The zero-order chi connectivity index (χ0) is 15.8. The van der Waals surface area contributed by atoms with Crippen LogP contribution in [0.25, 0.3) is 11.3 Å². The van der Waals surface area contributed by atoms with Gasteiger partial charge in [-0.05, 0) is 39.0 Å². The summed E-state index contributed by atoms with van der Waals surface area (Å²) in [5, 5.41) is 12.8. The second kappa shape index (κ2) is 5.52. The summed E-state index contributed by atoms with van der Waals surface area (Å²) in [7, 11) is 1.55. The van der Waals surface area contributed by atoms with Crippen molar-refractivity contribution in [2.75, 3.05) is 7.11 Å². The fraction of sp³-hybridized carbons (Fsp3) is 0.333. The van der Waals surface area contributed by atoms with Crippen LogP contribution in [0.5, 0.6) is 5.75 Å². The first-order chi connectivity index (χ1) is 9.74. The van der Waals surface area contributed by atoms with Crippen LogP contribution in [0, 0.1) is 0 Å². The number of ether oxygens (including phenoxy) is 1. The van der Waals surface area contributed by atoms with Crippen molar-refractivity contribution in [2.24, 2.45) is 0 Å². The molecule has 0 saturated carbocycles. The Morgan fingerprint density at radius 3 is 2.48 bits per heavy atom. The van der Waals surface area contributed by atoms with Crippen LogP contribution in [-0.2, 0) is 5.41 Å². The molecule has 112 valence electrons. The maximum Gasteiger partial charge on any atom is 0.374 e. The summed E-state index contributed by atoms with van der Waals surface area (Å²) in [4.78, 5) is 10.9. The highest BCUT2D eigenvalue weighted by Gasteiger charge is 2.22. The second-order valence-corrected chi connectivity index (χ2v) is 6.52. The van der Waals surface area contributed by atoms with Gasteiger partial charge in [-0.3, -0.25) is 0 Å². The minimum atomic E-state index is -1.15. The van der Waals surface area contributed by atoms with Crippen LogP contribution in [-0.4, -0.2) is 23.3 Å². The predicted molar refractivity (Wildman–Crippen MR) is 81.9 cm³/mol. The Kier molecular flexibility index (Phi) is 4.09. The fourth-order valence-corrected chi connectivity index (χ4v) is 2.55. The number of methoxy groups -OCH3 is 1. The third-order valence-corrected chi connectivity index (χ3v) is 3.70. The first-order valence-electron chi connectivity index (χ1n) is 6.32. The highest BCUT2D eigenvalue weighted by molar-refractivity contribution is 9.10. The summed E-state index contributed by atoms with van der Waals surface area (Å²) in [6.07, 6.45) is 0. The summed E-state index contributed by atoms with van der Waals surface area (Å²) < 4.78 is 11.0. The number of rotatable bonds is 3. The van der Waals surface area contributed by atoms with Gasteiger partial charge in [-0.2, -0.15) is 0 Å². The molecule has 0 amide bonds. The molecule has 5 nitrogen and oxygen atoms in total. The Hall–Kier alpha value is -1.82. The molecule has 1 heterocycles. The second-order valence-electron chi connectivity index (χ2n) is 5.67. The summed E-state index contributed by atoms with van der Waals surface area (Å²) in [5.74, 6) is -0.767. The molecule has 0 fully saturated rings. The van der Waals surface area contributed by atoms with Crippen LogP contribution in [0.3, 0.4) is 0 Å². The zero-order valence-electron chi connectivity index (χ0n) is 12.2. The number of hydrogen-bond acceptors (Lipinski definition) is 4. The molecule has 0 aliphatic heterocycles. The molecule has 1 aromatic carbocycles. The lowest BCUT2D eigenvalue weighted by atomic mass is 9.85. The summed E-state index contributed by atoms with van der Waals surface area (Å²) in [5.41, 5.74) is 2.12. The Balaban J connectivity index is 2.64. The molecule has 2 rings (SSSR count). The molecule has 0 spiro atoms. The van der Waals surface area contributed by atoms with E-state index in [9.17, 15) is 4.79 Å². The number of halogens is 1. The van der Waals surface area contributed by atoms with Gasteiger partial charge in [-0.15, -0.1) is 0 Å². The predicted octanol–water partition coefficient (Wildman–Crippen LogP) is 4.11. The molecule has 0 aliphatic carbocycles. The lowest BCUT2D eigenvalue weighted by molar-refractivity contribution is 0.0652. The van der Waals surface area contributed by atoms with Gasteiger partial charge in [-0.25, -0.2) is 4.79 Å². The van der Waals surface area contributed by atoms with E-state index in [1.165, 1.54) is 6.07 Å². The third kappa shape index (κ3) is 3.10. The number of carbonyl (C=O) groups is 1. The van der Waals surface area contributed by atoms with Gasteiger partial charge in [0, 0.05) is 11.6 Å². The maximum atomic E-state index is 10.9. The smallest absolute Gasteiger partial charge is 0.374 e. The molecule has 1 N–H and O–H groups in total. The van der Waals surface area contributed by atoms with E-state index in [1.807, 2.05) is 12.1 Å². The number of benzene rings is 1. The number of carboxylic acids is 1. The number of aromatic nitrogens is 1. The maximum absolute atomic E-state index is 10.9. The first-order valence-corrected chi connectivity index (χ1v) is 7.11. The highest BCUT2D eigenvalue weighted by atomic mass is 79.9. The van der Waals surface area contributed by atoms with Gasteiger partial charge in [0.2, 0.25) is 5.76 Å². The summed E-state index contributed by atoms with van der Waals surface area (Å²) in [6, 6.07) is 5.31. The number of hydrogen-bond donors (Lipinski definition) is 1. The van der Waals surface area contributed by atoms with E-state index in [2.05, 4.69) is 41.9 Å². The molecule has 21 heavy (non-hydrogen) atoms. The van der Waals surface area contributed by atoms with Gasteiger partial charge in [0.15, 0.2) is 0 Å². The van der Waals surface area contributed by atoms with Crippen molar-refractivity contribution in [3.05, 3.63) is 34.0 Å². The van der Waals surface area contributed by atoms with Crippen LogP contribution < -0.4 is 4.74 Å². The Morgan fingerprint density at radius 1 is 1.33 bits per heavy atom. The third-order valence-electron chi connectivity index (χ3n) is 3.11. The first kappa shape index (κ1) is 15.6. The van der Waals surface area contributed by atoms with Crippen LogP contribution in [0.15, 0.2) is 27.2 Å². The van der Waals surface area contributed by atoms with E-state index in [0.29, 0.717) is 17.0 Å². The number of aromatic carboxylic acids is 1. The van der Waals surface area contributed by atoms with Crippen molar-refractivity contribution in [2.45, 2.75) is 26.2 Å². The minimum absolute atomic E-state index is 0.0666. The number of carboxylic acid groups (broad SMARTS) is 1. The quantitative estimate of drug-likeness (QED) is 0.898. The molecule has 1 aromatic heterocycles. The molecular formula is C15H16BrNO4. The SMILES string of the molecule is COc1c(Br)cc(C(C)(C)C)cc1-c1cc(C(=O)O)on1. The molecule has 0 saturated heterocycles. The van der Waals surface area contributed by atoms with E-state index >= 15 is 0 Å². The topological polar surface area (TPSA) is 72.6 Å². The van der Waals surface area contributed by atoms with Gasteiger partial charge >= 0.3 is 5.97 Å². The fourth-order valence-electron chi connectivity index (χ4n) is 1.93. The van der Waals surface area contributed by atoms with Crippen molar-refractivity contribution >= 4 is 21.9 Å². The summed E-state index contributed by atoms with van der Waals surface area (Å²) in [6.45, 7) is 6.28. The molecule has 6 heteroatoms. The van der Waals surface area contributed by atoms with Crippen molar-refractivity contribution in [3.63, 3.8) is 0 Å². The van der Waals surface area contributed by atoms with Crippen LogP contribution in [0.1, 0.15) is 36.9 Å². The Bertz CT molecular complexity index is 685. The van der Waals surface area contributed by atoms with Crippen LogP contribution in [0.2, 0.25) is 0 Å². The molecule has 0 radical (unpaired) electrons. The van der Waals surface area contributed by atoms with E-state index in [1.54, 1.807) is 7.11 Å². The molecule has 0 bridgehead atoms. The van der Waals surface area contributed by atoms with Crippen LogP contribution >= 0.6 is 15.9 Å². The Morgan fingerprint density at radius 2 is 2.00 bits per heavy atom. The number of nitrogens with zero attached hydrogens (tertiary/aromatic N) is 1. The van der Waals surface area contributed by atoms with Gasteiger partial charge in [-0.1, -0.05) is 25.9 Å². The molecule has 2 aromatic rings. The van der Waals surface area contributed by atoms with Gasteiger partial charge in [0.1, 0.15) is 11.4 Å². The van der Waals surface area contributed by atoms with E-state index in [-0.39, 0.29) is 11.2 Å². The van der Waals surface area contributed by atoms with Gasteiger partial charge in [0.25, 0.3) is 0 Å². The highest BCUT2D eigenvalue weighted by Crippen LogP contribution is 2.40. The van der Waals surface area contributed by atoms with Gasteiger partial charge < -0.3 is 14.4 Å². The lowest BCUT2D eigenvalue weighted by Gasteiger charge is -2.21. The molecular weight excluding hydrogens is 338 g/mol. The van der Waals surface area contributed by atoms with E-state index in [4.69, 9.17) is 14.4 Å². The minimum Gasteiger partial charge on any atom is -0.495 e. The normalized spacial score (nSPS) is 11.5. The van der Waals surface area contributed by atoms with Crippen molar-refractivity contribution in [3.8, 4) is 17.0 Å². The van der Waals surface area contributed by atoms with E-state index in [0.717, 1.165) is 10.0 Å². The standard InChI is InChI=1S/C15H16BrNO4/c1-15(2,3)8-5-9(13(20-4)10(16)6-8)11-7-12(14(18)19)21-17-11/h5-7H,1-4H3,(H,18,19). The van der Waals surface area contributed by atoms with Crippen molar-refractivity contribution in [1.29, 1.82) is 0 Å². The van der Waals surface area contributed by atoms with Crippen molar-refractivity contribution < 1.29 is 19.2 Å². The molecule has 0 unspecified atom stereocenters. The largest absolute Gasteiger partial charge is 0.495 e. The molecule has 0 aliphatic rings. The molecule has 0 atom stereocenters. The van der Waals surface area contributed by atoms with Crippen molar-refractivity contribution in [1.82, 2.24) is 5.16 Å². The average molecular weight is 354 g/mol. The zero-order valence-corrected chi connectivity index (χ0v) is 13.8. The van der Waals surface area contributed by atoms with Crippen LogP contribution in [0.4, 0.5) is 0 Å². The average Bonchev–Trinajstić information content (AvgIpc) is 2.86. The lowest BCUT2D eigenvalue weighted by Crippen LogP contribution is -2.11. The Labute approximate surface area is 131 Å². The monoisotopic (exact) mass is 353 g/mol. The van der Waals surface area contributed by atoms with Gasteiger partial charge in [0.05, 0.1) is 11.6 Å². The van der Waals surface area contributed by atoms with E-state index < -0.39 is 5.97 Å².